The van der Waals surface area contributed by atoms with Gasteiger partial charge in [0.25, 0.3) is 0 Å². The van der Waals surface area contributed by atoms with Crippen LogP contribution in [0.1, 0.15) is 57.8 Å². The van der Waals surface area contributed by atoms with Crippen molar-refractivity contribution in [2.24, 2.45) is 0 Å². The number of carbonyl (C=O) groups is 2. The molecule has 0 aromatic heterocycles. The second-order valence-electron chi connectivity index (χ2n) is 7.92. The second kappa shape index (κ2) is 12.9. The van der Waals surface area contributed by atoms with E-state index in [-0.39, 0.29) is 30.8 Å². The molecule has 0 spiro atoms. The normalized spacial score (nSPS) is 20.3. The molecule has 1 atom stereocenters. The molecule has 1 unspecified atom stereocenters. The summed E-state index contributed by atoms with van der Waals surface area (Å²) in [6.07, 6.45) is 13.8. The van der Waals surface area contributed by atoms with Gasteiger partial charge in [-0.3, -0.25) is 14.5 Å². The first-order valence-corrected chi connectivity index (χ1v) is 10.7. The van der Waals surface area contributed by atoms with Crippen LogP contribution < -0.4 is 0 Å². The van der Waals surface area contributed by atoms with Crippen LogP contribution >= 0.6 is 0 Å². The Balaban J connectivity index is 1.52. The lowest BCUT2D eigenvalue weighted by molar-refractivity contribution is -0.122. The van der Waals surface area contributed by atoms with Crippen molar-refractivity contribution in [1.29, 1.82) is 0 Å². The van der Waals surface area contributed by atoms with Crippen molar-refractivity contribution in [3.05, 3.63) is 23.9 Å². The summed E-state index contributed by atoms with van der Waals surface area (Å²) in [4.78, 5) is 28.4. The van der Waals surface area contributed by atoms with Gasteiger partial charge in [-0.15, -0.1) is 0 Å². The van der Waals surface area contributed by atoms with Crippen LogP contribution in [0.4, 0.5) is 0 Å². The number of hydrogen-bond donors (Lipinski definition) is 2. The molecule has 0 amide bonds. The number of hydrogen-bond acceptors (Lipinski definition) is 6. The van der Waals surface area contributed by atoms with Gasteiger partial charge in [0, 0.05) is 31.1 Å². The topological polar surface area (TPSA) is 81.1 Å². The van der Waals surface area contributed by atoms with Crippen LogP contribution in [0.25, 0.3) is 0 Å². The Morgan fingerprint density at radius 2 is 1.71 bits per heavy atom. The molecule has 1 fully saturated rings. The van der Waals surface area contributed by atoms with Crippen molar-refractivity contribution in [2.75, 3.05) is 39.4 Å². The molecule has 0 aromatic rings. The summed E-state index contributed by atoms with van der Waals surface area (Å²) >= 11 is 0. The van der Waals surface area contributed by atoms with Gasteiger partial charge in [-0.2, -0.15) is 0 Å². The molecule has 28 heavy (non-hydrogen) atoms. The van der Waals surface area contributed by atoms with E-state index in [9.17, 15) is 19.8 Å². The van der Waals surface area contributed by atoms with Crippen LogP contribution in [0, 0.1) is 0 Å². The van der Waals surface area contributed by atoms with Crippen LogP contribution in [0.5, 0.6) is 0 Å². The summed E-state index contributed by atoms with van der Waals surface area (Å²) < 4.78 is 0. The Morgan fingerprint density at radius 3 is 2.39 bits per heavy atom. The minimum atomic E-state index is -0.0396. The lowest BCUT2D eigenvalue weighted by atomic mass is 10.0. The van der Waals surface area contributed by atoms with Crippen molar-refractivity contribution in [1.82, 2.24) is 9.80 Å². The van der Waals surface area contributed by atoms with E-state index < -0.39 is 0 Å². The fourth-order valence-electron chi connectivity index (χ4n) is 3.98. The van der Waals surface area contributed by atoms with Crippen molar-refractivity contribution in [3.63, 3.8) is 0 Å². The standard InChI is InChI=1S/C22H36N2O4/c25-17-19-9-5-7-13-23(19)15-21(27)11-3-1-2-4-12-22(28)16-24-14-8-6-10-20(24)18-26/h5,7,9,20,25-26H,1-4,6,8,10-18H2. The maximum atomic E-state index is 12.2. The average molecular weight is 393 g/mol. The Bertz CT molecular complexity index is 559. The van der Waals surface area contributed by atoms with Crippen LogP contribution in [0.3, 0.4) is 0 Å². The fraction of sp³-hybridized carbons (Fsp3) is 0.727. The zero-order valence-electron chi connectivity index (χ0n) is 17.0. The van der Waals surface area contributed by atoms with Crippen LogP contribution in [0.15, 0.2) is 23.9 Å². The van der Waals surface area contributed by atoms with Crippen molar-refractivity contribution in [3.8, 4) is 0 Å². The number of aliphatic hydroxyl groups is 2. The van der Waals surface area contributed by atoms with Gasteiger partial charge in [0.1, 0.15) is 5.78 Å². The van der Waals surface area contributed by atoms with E-state index in [1.54, 1.807) is 0 Å². The number of unbranched alkanes of at least 4 members (excludes halogenated alkanes) is 3. The summed E-state index contributed by atoms with van der Waals surface area (Å²) in [5, 5.41) is 18.7. The van der Waals surface area contributed by atoms with Crippen molar-refractivity contribution < 1.29 is 19.8 Å². The van der Waals surface area contributed by atoms with Gasteiger partial charge in [-0.1, -0.05) is 31.4 Å². The van der Waals surface area contributed by atoms with E-state index in [1.165, 1.54) is 0 Å². The summed E-state index contributed by atoms with van der Waals surface area (Å²) in [6.45, 7) is 2.52. The number of nitrogens with zero attached hydrogens (tertiary/aromatic N) is 2. The Labute approximate surface area is 168 Å². The maximum Gasteiger partial charge on any atom is 0.152 e. The number of rotatable bonds is 13. The molecule has 6 heteroatoms. The number of aliphatic hydroxyl groups excluding tert-OH is 2. The van der Waals surface area contributed by atoms with Gasteiger partial charge in [0.05, 0.1) is 26.3 Å². The third-order valence-electron chi connectivity index (χ3n) is 5.69. The van der Waals surface area contributed by atoms with Gasteiger partial charge >= 0.3 is 0 Å². The molecule has 0 aromatic carbocycles. The van der Waals surface area contributed by atoms with Gasteiger partial charge in [-0.05, 0) is 38.3 Å². The molecule has 2 aliphatic heterocycles. The predicted octanol–water partition coefficient (Wildman–Crippen LogP) is 2.06. The summed E-state index contributed by atoms with van der Waals surface area (Å²) in [5.74, 6) is 0.462. The molecule has 2 N–H and O–H groups in total. The van der Waals surface area contributed by atoms with Gasteiger partial charge in [-0.25, -0.2) is 0 Å². The number of piperidine rings is 1. The molecular formula is C22H36N2O4. The van der Waals surface area contributed by atoms with Crippen LogP contribution in [0.2, 0.25) is 0 Å². The zero-order valence-corrected chi connectivity index (χ0v) is 17.0. The number of allylic oxidation sites excluding steroid dienone is 2. The molecule has 0 saturated carbocycles. The van der Waals surface area contributed by atoms with E-state index >= 15 is 0 Å². The second-order valence-corrected chi connectivity index (χ2v) is 7.92. The molecule has 2 heterocycles. The number of ketones is 2. The highest BCUT2D eigenvalue weighted by Gasteiger charge is 2.23. The van der Waals surface area contributed by atoms with Gasteiger partial charge < -0.3 is 15.1 Å². The molecule has 2 aliphatic rings. The molecule has 0 radical (unpaired) electrons. The third-order valence-corrected chi connectivity index (χ3v) is 5.69. The molecule has 0 bridgehead atoms. The third kappa shape index (κ3) is 7.86. The predicted molar refractivity (Wildman–Crippen MR) is 110 cm³/mol. The highest BCUT2D eigenvalue weighted by atomic mass is 16.3. The molecule has 0 aliphatic carbocycles. The average Bonchev–Trinajstić information content (AvgIpc) is 2.71. The summed E-state index contributed by atoms with van der Waals surface area (Å²) in [7, 11) is 0. The largest absolute Gasteiger partial charge is 0.395 e. The number of carbonyl (C=O) groups excluding carboxylic acids is 2. The first-order valence-electron chi connectivity index (χ1n) is 10.7. The lowest BCUT2D eigenvalue weighted by Gasteiger charge is -2.33. The summed E-state index contributed by atoms with van der Waals surface area (Å²) in [5.41, 5.74) is 0.798. The lowest BCUT2D eigenvalue weighted by Crippen LogP contribution is -2.44. The first kappa shape index (κ1) is 22.8. The first-order chi connectivity index (χ1) is 13.6. The highest BCUT2D eigenvalue weighted by molar-refractivity contribution is 5.81. The SMILES string of the molecule is O=C(CCCCCCC(=O)CN1CCCCC1CO)CN1CC=CC=C1CO. The smallest absolute Gasteiger partial charge is 0.152 e. The maximum absolute atomic E-state index is 12.2. The molecule has 158 valence electrons. The van der Waals surface area contributed by atoms with Crippen LogP contribution in [-0.4, -0.2) is 77.0 Å². The van der Waals surface area contributed by atoms with E-state index in [2.05, 4.69) is 4.90 Å². The van der Waals surface area contributed by atoms with Gasteiger partial charge in [0.15, 0.2) is 5.78 Å². The van der Waals surface area contributed by atoms with Crippen LogP contribution in [-0.2, 0) is 9.59 Å². The van der Waals surface area contributed by atoms with E-state index in [4.69, 9.17) is 0 Å². The van der Waals surface area contributed by atoms with Crippen molar-refractivity contribution >= 4 is 11.6 Å². The summed E-state index contributed by atoms with van der Waals surface area (Å²) in [6, 6.07) is 0.153. The molecule has 6 nitrogen and oxygen atoms in total. The van der Waals surface area contributed by atoms with Gasteiger partial charge in [0.2, 0.25) is 0 Å². The van der Waals surface area contributed by atoms with E-state index in [0.717, 1.165) is 57.2 Å². The molecule has 1 saturated heterocycles. The van der Waals surface area contributed by atoms with E-state index in [0.29, 0.717) is 32.5 Å². The monoisotopic (exact) mass is 392 g/mol. The fourth-order valence-corrected chi connectivity index (χ4v) is 3.98. The number of likely N-dealkylation sites (tertiary alicyclic amines) is 1. The van der Waals surface area contributed by atoms with E-state index in [1.807, 2.05) is 23.1 Å². The zero-order chi connectivity index (χ0) is 20.2. The Kier molecular flexibility index (Phi) is 10.5. The number of Topliss-reactive ketones (excluding diaryl/α,β-unsaturated/α-hetero) is 2. The minimum Gasteiger partial charge on any atom is -0.395 e. The highest BCUT2D eigenvalue weighted by Crippen LogP contribution is 2.17. The minimum absolute atomic E-state index is 0.0396. The Hall–Kier alpha value is -1.50. The molecule has 2 rings (SSSR count). The molecular weight excluding hydrogens is 356 g/mol. The quantitative estimate of drug-likeness (QED) is 0.467. The van der Waals surface area contributed by atoms with Crippen molar-refractivity contribution in [2.45, 2.75) is 63.8 Å². The Morgan fingerprint density at radius 1 is 1.00 bits per heavy atom.